The van der Waals surface area contributed by atoms with Crippen molar-refractivity contribution in [3.05, 3.63) is 84.2 Å². The van der Waals surface area contributed by atoms with E-state index in [9.17, 15) is 9.59 Å². The zero-order valence-electron chi connectivity index (χ0n) is 17.8. The van der Waals surface area contributed by atoms with E-state index in [0.29, 0.717) is 23.5 Å². The lowest BCUT2D eigenvalue weighted by Crippen LogP contribution is -2.64. The van der Waals surface area contributed by atoms with Crippen LogP contribution in [0.25, 0.3) is 0 Å². The Morgan fingerprint density at radius 1 is 0.759 bits per heavy atom. The summed E-state index contributed by atoms with van der Waals surface area (Å²) in [6, 6.07) is 15.3. The first-order valence-electron chi connectivity index (χ1n) is 9.53. The molecule has 0 saturated heterocycles. The molecule has 0 aliphatic rings. The van der Waals surface area contributed by atoms with E-state index in [2.05, 4.69) is 13.2 Å². The first-order valence-corrected chi connectivity index (χ1v) is 13.4. The van der Waals surface area contributed by atoms with Crippen molar-refractivity contribution in [1.29, 1.82) is 0 Å². The van der Waals surface area contributed by atoms with Gasteiger partial charge in [0.05, 0.1) is 0 Å². The van der Waals surface area contributed by atoms with Crippen LogP contribution in [0.4, 0.5) is 0 Å². The average Bonchev–Trinajstić information content (AvgIpc) is 2.67. The number of hydrogen-bond acceptors (Lipinski definition) is 5. The second kappa shape index (κ2) is 9.77. The first kappa shape index (κ1) is 23.4. The van der Waals surface area contributed by atoms with Gasteiger partial charge in [-0.1, -0.05) is 48.5 Å². The SMILES string of the molecule is C=C[Si@@](O)(O[Si@@](O)(C=C)c1ccccc1CN(C)C)c1ccccc1CN(C)C. The van der Waals surface area contributed by atoms with Gasteiger partial charge in [-0.2, -0.15) is 0 Å². The van der Waals surface area contributed by atoms with Crippen molar-refractivity contribution >= 4 is 27.5 Å². The van der Waals surface area contributed by atoms with E-state index >= 15 is 0 Å². The largest absolute Gasteiger partial charge is 0.405 e. The van der Waals surface area contributed by atoms with Crippen molar-refractivity contribution in [3.8, 4) is 0 Å². The van der Waals surface area contributed by atoms with Crippen molar-refractivity contribution in [2.45, 2.75) is 13.1 Å². The summed E-state index contributed by atoms with van der Waals surface area (Å²) in [5.41, 5.74) is 4.84. The molecule has 0 aliphatic carbocycles. The molecule has 156 valence electrons. The van der Waals surface area contributed by atoms with E-state index in [0.717, 1.165) is 11.1 Å². The van der Waals surface area contributed by atoms with Crippen LogP contribution in [0.5, 0.6) is 0 Å². The number of rotatable bonds is 10. The molecule has 0 aliphatic heterocycles. The molecule has 0 fully saturated rings. The molecule has 29 heavy (non-hydrogen) atoms. The highest BCUT2D eigenvalue weighted by Gasteiger charge is 2.46. The second-order valence-electron chi connectivity index (χ2n) is 7.69. The average molecular weight is 429 g/mol. The second-order valence-corrected chi connectivity index (χ2v) is 13.2. The van der Waals surface area contributed by atoms with Gasteiger partial charge in [-0.15, -0.1) is 13.2 Å². The minimum absolute atomic E-state index is 0.647. The van der Waals surface area contributed by atoms with Gasteiger partial charge in [0.2, 0.25) is 0 Å². The molecule has 0 heterocycles. The van der Waals surface area contributed by atoms with Crippen molar-refractivity contribution in [1.82, 2.24) is 9.80 Å². The van der Waals surface area contributed by atoms with Crippen LogP contribution >= 0.6 is 0 Å². The standard InChI is InChI=1S/C22H32N2O3Si2/c1-7-28(25,21-15-11-9-13-19(21)17-23(3)4)27-29(26,8-2)22-16-12-10-14-20(22)18-24(5)6/h7-16,25-26H,1-2,17-18H2,3-6H3/t28-,29+. The van der Waals surface area contributed by atoms with Crippen molar-refractivity contribution in [2.24, 2.45) is 0 Å². The molecule has 2 aromatic rings. The number of hydrogen-bond donors (Lipinski definition) is 2. The summed E-state index contributed by atoms with van der Waals surface area (Å²) in [6.07, 6.45) is 0. The molecule has 0 spiro atoms. The van der Waals surface area contributed by atoms with Crippen LogP contribution in [0.2, 0.25) is 0 Å². The number of nitrogens with zero attached hydrogens (tertiary/aromatic N) is 2. The van der Waals surface area contributed by atoms with Gasteiger partial charge < -0.3 is 23.5 Å². The summed E-state index contributed by atoms with van der Waals surface area (Å²) < 4.78 is 6.26. The minimum Gasteiger partial charge on any atom is -0.405 e. The molecule has 0 radical (unpaired) electrons. The summed E-state index contributed by atoms with van der Waals surface area (Å²) >= 11 is 0. The summed E-state index contributed by atoms with van der Waals surface area (Å²) in [5.74, 6) is 0. The summed E-state index contributed by atoms with van der Waals surface area (Å²) in [6.45, 7) is 9.00. The lowest BCUT2D eigenvalue weighted by molar-refractivity contribution is 0.342. The highest BCUT2D eigenvalue weighted by molar-refractivity contribution is 6.97. The lowest BCUT2D eigenvalue weighted by atomic mass is 10.2. The van der Waals surface area contributed by atoms with Gasteiger partial charge in [-0.25, -0.2) is 0 Å². The molecule has 0 saturated carbocycles. The highest BCUT2D eigenvalue weighted by atomic mass is 28.5. The predicted octanol–water partition coefficient (Wildman–Crippen LogP) is 1.26. The Morgan fingerprint density at radius 3 is 1.41 bits per heavy atom. The van der Waals surface area contributed by atoms with Gasteiger partial charge in [0.15, 0.2) is 0 Å². The maximum absolute atomic E-state index is 11.6. The normalized spacial score (nSPS) is 15.7. The number of benzene rings is 2. The van der Waals surface area contributed by atoms with E-state index in [-0.39, 0.29) is 0 Å². The molecule has 2 N–H and O–H groups in total. The lowest BCUT2D eigenvalue weighted by Gasteiger charge is -2.33. The van der Waals surface area contributed by atoms with Gasteiger partial charge >= 0.3 is 17.1 Å². The minimum atomic E-state index is -3.65. The van der Waals surface area contributed by atoms with E-state index in [1.807, 2.05) is 86.5 Å². The smallest absolute Gasteiger partial charge is 0.388 e. The van der Waals surface area contributed by atoms with Crippen molar-refractivity contribution in [2.75, 3.05) is 28.2 Å². The Labute approximate surface area is 176 Å². The third kappa shape index (κ3) is 5.61. The summed E-state index contributed by atoms with van der Waals surface area (Å²) in [5, 5.41) is 1.39. The zero-order chi connectivity index (χ0) is 21.7. The fourth-order valence-corrected chi connectivity index (χ4v) is 9.15. The Hall–Kier alpha value is -1.85. The summed E-state index contributed by atoms with van der Waals surface area (Å²) in [4.78, 5) is 27.2. The molecule has 2 rings (SSSR count). The molecule has 0 aromatic heterocycles. The van der Waals surface area contributed by atoms with Crippen LogP contribution < -0.4 is 10.4 Å². The molecule has 5 nitrogen and oxygen atoms in total. The molecule has 0 amide bonds. The molecular formula is C22H32N2O3Si2. The van der Waals surface area contributed by atoms with Crippen molar-refractivity contribution < 1.29 is 13.7 Å². The van der Waals surface area contributed by atoms with Crippen LogP contribution in [0.1, 0.15) is 11.1 Å². The van der Waals surface area contributed by atoms with E-state index < -0.39 is 17.1 Å². The molecular weight excluding hydrogens is 396 g/mol. The Morgan fingerprint density at radius 2 is 1.10 bits per heavy atom. The zero-order valence-corrected chi connectivity index (χ0v) is 19.8. The third-order valence-corrected chi connectivity index (χ3v) is 10.8. The Bertz CT molecular complexity index is 790. The van der Waals surface area contributed by atoms with Crippen LogP contribution in [0.15, 0.2) is 73.1 Å². The van der Waals surface area contributed by atoms with Gasteiger partial charge in [-0.05, 0) is 50.7 Å². The molecule has 2 aromatic carbocycles. The van der Waals surface area contributed by atoms with Crippen molar-refractivity contribution in [3.63, 3.8) is 0 Å². The van der Waals surface area contributed by atoms with Crippen LogP contribution in [-0.4, -0.2) is 64.7 Å². The highest BCUT2D eigenvalue weighted by Crippen LogP contribution is 2.17. The van der Waals surface area contributed by atoms with Gasteiger partial charge in [0.1, 0.15) is 0 Å². The fraction of sp³-hybridized carbons (Fsp3) is 0.273. The van der Waals surface area contributed by atoms with Gasteiger partial charge in [0.25, 0.3) is 0 Å². The Balaban J connectivity index is 2.53. The quantitative estimate of drug-likeness (QED) is 0.558. The topological polar surface area (TPSA) is 56.2 Å². The first-order chi connectivity index (χ1) is 13.6. The molecule has 0 bridgehead atoms. The third-order valence-electron chi connectivity index (χ3n) is 4.64. The maximum Gasteiger partial charge on any atom is 0.388 e. The van der Waals surface area contributed by atoms with Crippen LogP contribution in [0.3, 0.4) is 0 Å². The van der Waals surface area contributed by atoms with Crippen LogP contribution in [-0.2, 0) is 17.2 Å². The molecule has 2 atom stereocenters. The van der Waals surface area contributed by atoms with E-state index in [4.69, 9.17) is 4.12 Å². The molecule has 7 heteroatoms. The molecule has 0 unspecified atom stereocenters. The van der Waals surface area contributed by atoms with Crippen LogP contribution in [0, 0.1) is 0 Å². The predicted molar refractivity (Wildman–Crippen MR) is 124 cm³/mol. The van der Waals surface area contributed by atoms with E-state index in [1.54, 1.807) is 0 Å². The fourth-order valence-electron chi connectivity index (χ4n) is 3.35. The van der Waals surface area contributed by atoms with Gasteiger partial charge in [-0.3, -0.25) is 0 Å². The Kier molecular flexibility index (Phi) is 7.89. The van der Waals surface area contributed by atoms with Gasteiger partial charge in [0, 0.05) is 23.5 Å². The summed E-state index contributed by atoms with van der Waals surface area (Å²) in [7, 11) is 0.585. The monoisotopic (exact) mass is 428 g/mol. The maximum atomic E-state index is 11.6. The van der Waals surface area contributed by atoms with E-state index in [1.165, 1.54) is 11.4 Å².